The molecule has 17 heavy (non-hydrogen) atoms. The van der Waals surface area contributed by atoms with Gasteiger partial charge in [0.25, 0.3) is 0 Å². The van der Waals surface area contributed by atoms with E-state index >= 15 is 0 Å². The maximum absolute atomic E-state index is 12.1. The van der Waals surface area contributed by atoms with E-state index in [2.05, 4.69) is 10.3 Å². The molecule has 0 spiro atoms. The molecule has 0 aliphatic heterocycles. The lowest BCUT2D eigenvalue weighted by Crippen LogP contribution is -2.33. The molecule has 1 N–H and O–H groups in total. The summed E-state index contributed by atoms with van der Waals surface area (Å²) in [4.78, 5) is 16.3. The molecule has 2 saturated carbocycles. The first-order valence-electron chi connectivity index (χ1n) is 6.50. The highest BCUT2D eigenvalue weighted by Crippen LogP contribution is 2.48. The first-order chi connectivity index (χ1) is 8.33. The van der Waals surface area contributed by atoms with Crippen LogP contribution in [0.2, 0.25) is 0 Å². The standard InChI is InChI=1S/C14H18N2O/c17-14(13-8-10-4-5-11(13)7-10)16-9-12-3-1-2-6-15-12/h1-3,6,10-11,13H,4-5,7-9H2,(H,16,17)/t10-,11+,13-/m0/s1. The number of hydrogen-bond acceptors (Lipinski definition) is 2. The van der Waals surface area contributed by atoms with Gasteiger partial charge in [0.15, 0.2) is 0 Å². The molecule has 0 saturated heterocycles. The van der Waals surface area contributed by atoms with Gasteiger partial charge in [0, 0.05) is 12.1 Å². The molecule has 2 aliphatic carbocycles. The highest BCUT2D eigenvalue weighted by Gasteiger charge is 2.42. The summed E-state index contributed by atoms with van der Waals surface area (Å²) in [6.45, 7) is 0.563. The molecular weight excluding hydrogens is 212 g/mol. The van der Waals surface area contributed by atoms with Crippen LogP contribution in [-0.2, 0) is 11.3 Å². The third kappa shape index (κ3) is 2.19. The highest BCUT2D eigenvalue weighted by atomic mass is 16.1. The van der Waals surface area contributed by atoms with Gasteiger partial charge in [-0.25, -0.2) is 0 Å². The molecule has 3 atom stereocenters. The second-order valence-electron chi connectivity index (χ2n) is 5.32. The minimum absolute atomic E-state index is 0.239. The Bertz CT molecular complexity index is 404. The second-order valence-corrected chi connectivity index (χ2v) is 5.32. The molecule has 3 rings (SSSR count). The Labute approximate surface area is 102 Å². The minimum Gasteiger partial charge on any atom is -0.350 e. The van der Waals surface area contributed by atoms with Gasteiger partial charge in [-0.05, 0) is 43.2 Å². The van der Waals surface area contributed by atoms with Crippen LogP contribution in [0.1, 0.15) is 31.4 Å². The molecule has 1 aromatic rings. The summed E-state index contributed by atoms with van der Waals surface area (Å²) in [5.41, 5.74) is 0.934. The molecule has 3 nitrogen and oxygen atoms in total. The largest absolute Gasteiger partial charge is 0.350 e. The van der Waals surface area contributed by atoms with Gasteiger partial charge in [-0.2, -0.15) is 0 Å². The Kier molecular flexibility index (Phi) is 2.83. The Morgan fingerprint density at radius 1 is 1.35 bits per heavy atom. The van der Waals surface area contributed by atoms with Crippen molar-refractivity contribution in [3.63, 3.8) is 0 Å². The fourth-order valence-corrected chi connectivity index (χ4v) is 3.38. The molecule has 90 valence electrons. The zero-order chi connectivity index (χ0) is 11.7. The van der Waals surface area contributed by atoms with Crippen LogP contribution in [-0.4, -0.2) is 10.9 Å². The van der Waals surface area contributed by atoms with E-state index < -0.39 is 0 Å². The summed E-state index contributed by atoms with van der Waals surface area (Å²) in [6.07, 6.45) is 6.75. The Balaban J connectivity index is 1.54. The minimum atomic E-state index is 0.239. The van der Waals surface area contributed by atoms with E-state index in [4.69, 9.17) is 0 Å². The van der Waals surface area contributed by atoms with Gasteiger partial charge in [0.1, 0.15) is 0 Å². The normalized spacial score (nSPS) is 30.5. The number of nitrogens with zero attached hydrogens (tertiary/aromatic N) is 1. The fourth-order valence-electron chi connectivity index (χ4n) is 3.38. The molecule has 2 fully saturated rings. The van der Waals surface area contributed by atoms with Crippen molar-refractivity contribution >= 4 is 5.91 Å². The first-order valence-corrected chi connectivity index (χ1v) is 6.50. The third-order valence-electron chi connectivity index (χ3n) is 4.24. The average molecular weight is 230 g/mol. The number of fused-ring (bicyclic) bond motifs is 2. The molecular formula is C14H18N2O. The number of pyridine rings is 1. The maximum Gasteiger partial charge on any atom is 0.223 e. The highest BCUT2D eigenvalue weighted by molar-refractivity contribution is 5.79. The van der Waals surface area contributed by atoms with Crippen molar-refractivity contribution in [1.82, 2.24) is 10.3 Å². The van der Waals surface area contributed by atoms with Crippen LogP contribution >= 0.6 is 0 Å². The van der Waals surface area contributed by atoms with Crippen LogP contribution < -0.4 is 5.32 Å². The summed E-state index contributed by atoms with van der Waals surface area (Å²) in [5.74, 6) is 2.00. The smallest absolute Gasteiger partial charge is 0.223 e. The van der Waals surface area contributed by atoms with E-state index in [9.17, 15) is 4.79 Å². The summed E-state index contributed by atoms with van der Waals surface area (Å²) < 4.78 is 0. The summed E-state index contributed by atoms with van der Waals surface area (Å²) in [5, 5.41) is 3.02. The van der Waals surface area contributed by atoms with Gasteiger partial charge in [0.2, 0.25) is 5.91 Å². The van der Waals surface area contributed by atoms with Gasteiger partial charge in [-0.1, -0.05) is 12.5 Å². The van der Waals surface area contributed by atoms with E-state index in [-0.39, 0.29) is 11.8 Å². The number of nitrogens with one attached hydrogen (secondary N) is 1. The van der Waals surface area contributed by atoms with Gasteiger partial charge < -0.3 is 5.32 Å². The number of rotatable bonds is 3. The number of carbonyl (C=O) groups excluding carboxylic acids is 1. The second kappa shape index (κ2) is 4.47. The Morgan fingerprint density at radius 3 is 2.94 bits per heavy atom. The molecule has 1 aromatic heterocycles. The van der Waals surface area contributed by atoms with E-state index in [0.29, 0.717) is 12.5 Å². The van der Waals surface area contributed by atoms with Crippen molar-refractivity contribution in [2.24, 2.45) is 17.8 Å². The number of aromatic nitrogens is 1. The molecule has 1 amide bonds. The van der Waals surface area contributed by atoms with E-state index in [1.807, 2.05) is 18.2 Å². The van der Waals surface area contributed by atoms with Crippen molar-refractivity contribution in [3.8, 4) is 0 Å². The average Bonchev–Trinajstić information content (AvgIpc) is 2.99. The third-order valence-corrected chi connectivity index (χ3v) is 4.24. The fraction of sp³-hybridized carbons (Fsp3) is 0.571. The van der Waals surface area contributed by atoms with E-state index in [1.54, 1.807) is 6.20 Å². The lowest BCUT2D eigenvalue weighted by molar-refractivity contribution is -0.126. The van der Waals surface area contributed by atoms with Gasteiger partial charge >= 0.3 is 0 Å². The molecule has 0 unspecified atom stereocenters. The molecule has 2 aliphatic rings. The topological polar surface area (TPSA) is 42.0 Å². The van der Waals surface area contributed by atoms with Gasteiger partial charge in [-0.3, -0.25) is 9.78 Å². The van der Waals surface area contributed by atoms with Crippen molar-refractivity contribution in [2.75, 3.05) is 0 Å². The van der Waals surface area contributed by atoms with Crippen molar-refractivity contribution in [3.05, 3.63) is 30.1 Å². The van der Waals surface area contributed by atoms with Crippen molar-refractivity contribution in [1.29, 1.82) is 0 Å². The van der Waals surface area contributed by atoms with Crippen molar-refractivity contribution in [2.45, 2.75) is 32.2 Å². The number of carbonyl (C=O) groups is 1. The van der Waals surface area contributed by atoms with Crippen LogP contribution in [0, 0.1) is 17.8 Å². The quantitative estimate of drug-likeness (QED) is 0.864. The zero-order valence-electron chi connectivity index (χ0n) is 9.93. The SMILES string of the molecule is O=C(NCc1ccccn1)[C@H]1C[C@H]2CC[C@@H]1C2. The van der Waals surface area contributed by atoms with Crippen LogP contribution in [0.5, 0.6) is 0 Å². The predicted octanol–water partition coefficient (Wildman–Crippen LogP) is 2.13. The summed E-state index contributed by atoms with van der Waals surface area (Å²) in [7, 11) is 0. The van der Waals surface area contributed by atoms with Gasteiger partial charge in [-0.15, -0.1) is 0 Å². The van der Waals surface area contributed by atoms with Crippen LogP contribution in [0.4, 0.5) is 0 Å². The monoisotopic (exact) mass is 230 g/mol. The maximum atomic E-state index is 12.1. The lowest BCUT2D eigenvalue weighted by atomic mass is 9.88. The number of hydrogen-bond donors (Lipinski definition) is 1. The van der Waals surface area contributed by atoms with Gasteiger partial charge in [0.05, 0.1) is 12.2 Å². The van der Waals surface area contributed by atoms with Crippen LogP contribution in [0.25, 0.3) is 0 Å². The van der Waals surface area contributed by atoms with Crippen molar-refractivity contribution < 1.29 is 4.79 Å². The molecule has 0 radical (unpaired) electrons. The van der Waals surface area contributed by atoms with E-state index in [0.717, 1.165) is 18.0 Å². The Hall–Kier alpha value is -1.38. The molecule has 1 heterocycles. The number of amides is 1. The zero-order valence-corrected chi connectivity index (χ0v) is 9.93. The molecule has 0 aromatic carbocycles. The first kappa shape index (κ1) is 10.8. The Morgan fingerprint density at radius 2 is 2.29 bits per heavy atom. The van der Waals surface area contributed by atoms with Crippen LogP contribution in [0.3, 0.4) is 0 Å². The van der Waals surface area contributed by atoms with Crippen LogP contribution in [0.15, 0.2) is 24.4 Å². The predicted molar refractivity (Wildman–Crippen MR) is 65.0 cm³/mol. The molecule has 3 heteroatoms. The lowest BCUT2D eigenvalue weighted by Gasteiger charge is -2.20. The molecule has 2 bridgehead atoms. The summed E-state index contributed by atoms with van der Waals surface area (Å²) >= 11 is 0. The van der Waals surface area contributed by atoms with E-state index in [1.165, 1.54) is 19.3 Å². The summed E-state index contributed by atoms with van der Waals surface area (Å²) in [6, 6.07) is 5.79.